The van der Waals surface area contributed by atoms with Gasteiger partial charge in [-0.1, -0.05) is 0 Å². The van der Waals surface area contributed by atoms with E-state index in [0.29, 0.717) is 6.67 Å². The van der Waals surface area contributed by atoms with Crippen LogP contribution in [0.2, 0.25) is 0 Å². The van der Waals surface area contributed by atoms with Gasteiger partial charge >= 0.3 is 0 Å². The van der Waals surface area contributed by atoms with E-state index in [-0.39, 0.29) is 4.48 Å². The summed E-state index contributed by atoms with van der Waals surface area (Å²) in [5.41, 5.74) is 0. The van der Waals surface area contributed by atoms with Crippen LogP contribution in [0.5, 0.6) is 0 Å². The van der Waals surface area contributed by atoms with Crippen LogP contribution in [0.15, 0.2) is 12.4 Å². The van der Waals surface area contributed by atoms with Gasteiger partial charge in [0, 0.05) is 7.05 Å². The summed E-state index contributed by atoms with van der Waals surface area (Å²) in [6.45, 7) is 0.447. The Morgan fingerprint density at radius 3 is 2.60 bits per heavy atom. The molecule has 10 heavy (non-hydrogen) atoms. The Hall–Kier alpha value is -1.03. The molecule has 1 rings (SSSR count). The molecule has 0 aromatic heterocycles. The van der Waals surface area contributed by atoms with Crippen molar-refractivity contribution >= 4 is 6.09 Å². The molecule has 0 aromatic rings. The van der Waals surface area contributed by atoms with Crippen LogP contribution in [0, 0.1) is 0 Å². The lowest BCUT2D eigenvalue weighted by Gasteiger charge is -2.26. The van der Waals surface area contributed by atoms with E-state index in [0.717, 1.165) is 0 Å². The molecule has 4 heteroatoms. The van der Waals surface area contributed by atoms with Crippen LogP contribution in [0.4, 0.5) is 4.79 Å². The van der Waals surface area contributed by atoms with E-state index < -0.39 is 6.09 Å². The second-order valence-corrected chi connectivity index (χ2v) is 2.73. The number of rotatable bonds is 0. The number of carboxylic acid groups (broad SMARTS) is 1. The van der Waals surface area contributed by atoms with Gasteiger partial charge < -0.3 is 14.8 Å². The summed E-state index contributed by atoms with van der Waals surface area (Å²) in [6, 6.07) is 0. The molecule has 0 bridgehead atoms. The maximum Gasteiger partial charge on any atom is 0.263 e. The summed E-state index contributed by atoms with van der Waals surface area (Å²) in [4.78, 5) is 12.3. The third-order valence-electron chi connectivity index (χ3n) is 1.58. The first kappa shape index (κ1) is 7.08. The minimum Gasteiger partial charge on any atom is -0.498 e. The summed E-state index contributed by atoms with van der Waals surface area (Å²) < 4.78 is -0.156. The van der Waals surface area contributed by atoms with E-state index in [2.05, 4.69) is 0 Å². The third kappa shape index (κ3) is 0.974. The van der Waals surface area contributed by atoms with Gasteiger partial charge in [0.1, 0.15) is 6.20 Å². The maximum atomic E-state index is 10.5. The highest BCUT2D eigenvalue weighted by Crippen LogP contribution is 2.11. The predicted octanol–water partition coefficient (Wildman–Crippen LogP) is -0.850. The minimum absolute atomic E-state index is 0.156. The monoisotopic (exact) mass is 142 g/mol. The van der Waals surface area contributed by atoms with Gasteiger partial charge in [-0.3, -0.25) is 0 Å². The largest absolute Gasteiger partial charge is 0.498 e. The van der Waals surface area contributed by atoms with Gasteiger partial charge in [0.05, 0.1) is 13.2 Å². The molecule has 1 amide bonds. The fourth-order valence-corrected chi connectivity index (χ4v) is 0.937. The normalized spacial score (nSPS) is 31.2. The fraction of sp³-hybridized carbons (Fsp3) is 0.500. The lowest BCUT2D eigenvalue weighted by molar-refractivity contribution is -0.809. The smallest absolute Gasteiger partial charge is 0.263 e. The molecule has 4 nitrogen and oxygen atoms in total. The van der Waals surface area contributed by atoms with Crippen molar-refractivity contribution in [1.82, 2.24) is 4.90 Å². The standard InChI is InChI=1S/C6H10N2O2/c1-7-3-4-8(2,5-7)6(9)10/h3-4H,5H2,1-2H3. The molecule has 1 heterocycles. The molecule has 1 atom stereocenters. The molecule has 0 fully saturated rings. The van der Waals surface area contributed by atoms with Crippen molar-refractivity contribution in [2.75, 3.05) is 20.8 Å². The van der Waals surface area contributed by atoms with Crippen LogP contribution >= 0.6 is 0 Å². The number of quaternary nitrogens is 1. The van der Waals surface area contributed by atoms with Gasteiger partial charge in [0.2, 0.25) is 0 Å². The predicted molar refractivity (Wildman–Crippen MR) is 33.4 cm³/mol. The molecule has 0 spiro atoms. The van der Waals surface area contributed by atoms with Crippen LogP contribution in [0.3, 0.4) is 0 Å². The van der Waals surface area contributed by atoms with Crippen molar-refractivity contribution in [3.63, 3.8) is 0 Å². The van der Waals surface area contributed by atoms with E-state index in [1.54, 1.807) is 24.3 Å². The van der Waals surface area contributed by atoms with Crippen LogP contribution in [0.1, 0.15) is 0 Å². The molecule has 1 aliphatic rings. The lowest BCUT2D eigenvalue weighted by Crippen LogP contribution is -2.52. The first-order chi connectivity index (χ1) is 4.54. The highest BCUT2D eigenvalue weighted by Gasteiger charge is 2.27. The fourth-order valence-electron chi connectivity index (χ4n) is 0.937. The first-order valence-electron chi connectivity index (χ1n) is 3.01. The van der Waals surface area contributed by atoms with Gasteiger partial charge in [-0.05, 0) is 0 Å². The summed E-state index contributed by atoms with van der Waals surface area (Å²) >= 11 is 0. The molecular weight excluding hydrogens is 132 g/mol. The van der Waals surface area contributed by atoms with Crippen LogP contribution in [0.25, 0.3) is 0 Å². The zero-order chi connectivity index (χ0) is 7.78. The third-order valence-corrected chi connectivity index (χ3v) is 1.58. The van der Waals surface area contributed by atoms with Gasteiger partial charge in [-0.15, -0.1) is 0 Å². The molecular formula is C6H10N2O2. The SMILES string of the molecule is CN1C=C[N+](C)(C(=O)[O-])C1. The molecule has 0 radical (unpaired) electrons. The van der Waals surface area contributed by atoms with Crippen LogP contribution in [-0.4, -0.2) is 36.2 Å². The number of amides is 1. The maximum absolute atomic E-state index is 10.5. The Kier molecular flexibility index (Phi) is 1.40. The van der Waals surface area contributed by atoms with Crippen molar-refractivity contribution < 1.29 is 14.4 Å². The van der Waals surface area contributed by atoms with E-state index in [1.165, 1.54) is 0 Å². The van der Waals surface area contributed by atoms with Crippen LogP contribution in [-0.2, 0) is 0 Å². The molecule has 0 saturated heterocycles. The van der Waals surface area contributed by atoms with E-state index in [1.807, 2.05) is 7.05 Å². The summed E-state index contributed by atoms with van der Waals surface area (Å²) in [6.07, 6.45) is 2.26. The quantitative estimate of drug-likeness (QED) is 0.414. The Labute approximate surface area is 59.6 Å². The number of carbonyl (C=O) groups is 1. The van der Waals surface area contributed by atoms with Crippen molar-refractivity contribution in [2.45, 2.75) is 0 Å². The first-order valence-corrected chi connectivity index (χ1v) is 3.01. The topological polar surface area (TPSA) is 43.4 Å². The van der Waals surface area contributed by atoms with Crippen molar-refractivity contribution in [1.29, 1.82) is 0 Å². The molecule has 0 N–H and O–H groups in total. The second kappa shape index (κ2) is 1.98. The number of hydrogen-bond donors (Lipinski definition) is 0. The summed E-state index contributed by atoms with van der Waals surface area (Å²) in [5, 5.41) is 10.5. The molecule has 0 aliphatic carbocycles. The van der Waals surface area contributed by atoms with Gasteiger partial charge in [0.25, 0.3) is 6.09 Å². The average Bonchev–Trinajstić information content (AvgIpc) is 2.13. The Balaban J connectivity index is 2.75. The molecule has 0 saturated carbocycles. The summed E-state index contributed by atoms with van der Waals surface area (Å²) in [5.74, 6) is 0. The average molecular weight is 142 g/mol. The molecule has 1 unspecified atom stereocenters. The summed E-state index contributed by atoms with van der Waals surface area (Å²) in [7, 11) is 3.41. The van der Waals surface area contributed by atoms with Crippen molar-refractivity contribution in [3.8, 4) is 0 Å². The van der Waals surface area contributed by atoms with E-state index in [9.17, 15) is 9.90 Å². The Bertz CT molecular complexity index is 190. The van der Waals surface area contributed by atoms with Crippen molar-refractivity contribution in [2.24, 2.45) is 0 Å². The Morgan fingerprint density at radius 2 is 2.40 bits per heavy atom. The highest BCUT2D eigenvalue weighted by atomic mass is 16.4. The van der Waals surface area contributed by atoms with E-state index in [4.69, 9.17) is 0 Å². The number of hydrogen-bond acceptors (Lipinski definition) is 3. The second-order valence-electron chi connectivity index (χ2n) is 2.73. The molecule has 0 aromatic carbocycles. The van der Waals surface area contributed by atoms with E-state index >= 15 is 0 Å². The molecule has 56 valence electrons. The van der Waals surface area contributed by atoms with Gasteiger partial charge in [-0.25, -0.2) is 4.48 Å². The zero-order valence-electron chi connectivity index (χ0n) is 6.07. The zero-order valence-corrected chi connectivity index (χ0v) is 6.07. The van der Waals surface area contributed by atoms with Gasteiger partial charge in [-0.2, -0.15) is 0 Å². The number of nitrogens with zero attached hydrogens (tertiary/aromatic N) is 2. The number of carbonyl (C=O) groups excluding carboxylic acids is 1. The van der Waals surface area contributed by atoms with Crippen LogP contribution < -0.4 is 5.11 Å². The molecule has 1 aliphatic heterocycles. The lowest BCUT2D eigenvalue weighted by atomic mass is 10.6. The Morgan fingerprint density at radius 1 is 1.80 bits per heavy atom. The van der Waals surface area contributed by atoms with Gasteiger partial charge in [0.15, 0.2) is 6.67 Å². The minimum atomic E-state index is -1.07. The van der Waals surface area contributed by atoms with Crippen molar-refractivity contribution in [3.05, 3.63) is 12.4 Å². The highest BCUT2D eigenvalue weighted by molar-refractivity contribution is 5.54.